The summed E-state index contributed by atoms with van der Waals surface area (Å²) in [7, 11) is -3.42. The summed E-state index contributed by atoms with van der Waals surface area (Å²) in [6.45, 7) is 2.59. The summed E-state index contributed by atoms with van der Waals surface area (Å²) < 4.78 is 26.7. The van der Waals surface area contributed by atoms with Crippen LogP contribution in [0.5, 0.6) is 0 Å². The van der Waals surface area contributed by atoms with Crippen molar-refractivity contribution in [3.63, 3.8) is 0 Å². The molecule has 0 bridgehead atoms. The summed E-state index contributed by atoms with van der Waals surface area (Å²) in [5.74, 6) is 1.61. The molecule has 150 valence electrons. The highest BCUT2D eigenvalue weighted by molar-refractivity contribution is 7.91. The molecular formula is C19H21N7O2S. The number of rotatable bonds is 6. The van der Waals surface area contributed by atoms with Crippen LogP contribution in [0, 0.1) is 17.2 Å². The van der Waals surface area contributed by atoms with Gasteiger partial charge in [0.25, 0.3) is 0 Å². The second-order valence-corrected chi connectivity index (χ2v) is 9.36. The number of nitrogens with two attached hydrogens (primary N) is 1. The number of sulfone groups is 1. The van der Waals surface area contributed by atoms with Crippen molar-refractivity contribution < 1.29 is 8.42 Å². The maximum Gasteiger partial charge on any atom is 0.177 e. The normalized spacial score (nSPS) is 15.2. The van der Waals surface area contributed by atoms with Crippen LogP contribution in [0.4, 0.5) is 11.6 Å². The zero-order chi connectivity index (χ0) is 20.8. The number of nitrogens with zero attached hydrogens (tertiary/aromatic N) is 5. The lowest BCUT2D eigenvalue weighted by Gasteiger charge is -2.18. The van der Waals surface area contributed by atoms with Crippen molar-refractivity contribution in [3.05, 3.63) is 35.9 Å². The number of anilines is 2. The van der Waals surface area contributed by atoms with E-state index >= 15 is 0 Å². The van der Waals surface area contributed by atoms with Crippen LogP contribution in [-0.2, 0) is 16.4 Å². The minimum absolute atomic E-state index is 0.100. The molecule has 4 rings (SSSR count). The smallest absolute Gasteiger partial charge is 0.177 e. The van der Waals surface area contributed by atoms with Crippen LogP contribution in [0.2, 0.25) is 0 Å². The van der Waals surface area contributed by atoms with Crippen molar-refractivity contribution in [1.29, 1.82) is 5.26 Å². The molecule has 1 unspecified atom stereocenters. The van der Waals surface area contributed by atoms with Crippen LogP contribution in [0.1, 0.15) is 37.2 Å². The summed E-state index contributed by atoms with van der Waals surface area (Å²) in [6.07, 6.45) is 4.73. The Morgan fingerprint density at radius 2 is 2.14 bits per heavy atom. The molecule has 2 heterocycles. The lowest BCUT2D eigenvalue weighted by atomic mass is 10.2. The lowest BCUT2D eigenvalue weighted by Crippen LogP contribution is -2.17. The van der Waals surface area contributed by atoms with Gasteiger partial charge >= 0.3 is 0 Å². The molecule has 0 saturated heterocycles. The highest BCUT2D eigenvalue weighted by Gasteiger charge is 2.28. The number of nitrogens with one attached hydrogen (secondary N) is 1. The van der Waals surface area contributed by atoms with Crippen molar-refractivity contribution in [2.75, 3.05) is 17.3 Å². The van der Waals surface area contributed by atoms with Gasteiger partial charge in [0.15, 0.2) is 9.84 Å². The predicted octanol–water partition coefficient (Wildman–Crippen LogP) is 2.27. The van der Waals surface area contributed by atoms with Crippen molar-refractivity contribution in [2.45, 2.75) is 37.2 Å². The molecule has 1 saturated carbocycles. The Labute approximate surface area is 168 Å². The van der Waals surface area contributed by atoms with Gasteiger partial charge in [-0.1, -0.05) is 6.07 Å². The fourth-order valence-electron chi connectivity index (χ4n) is 3.43. The standard InChI is InChI=1S/C19H21N7O2S/c1-11(24-18-13(8-20)17(21)22-10-23-18)19-25-14-4-3-5-15(29(2,27)28)16(14)26(19)9-12-6-7-12/h3-5,10-12H,6-7,9H2,1-2H3,(H3,21,22,23,24). The van der Waals surface area contributed by atoms with E-state index in [2.05, 4.69) is 15.3 Å². The summed E-state index contributed by atoms with van der Waals surface area (Å²) in [5.41, 5.74) is 7.19. The molecule has 3 aromatic rings. The van der Waals surface area contributed by atoms with E-state index in [4.69, 9.17) is 10.7 Å². The van der Waals surface area contributed by atoms with Crippen LogP contribution in [-0.4, -0.2) is 34.2 Å². The molecule has 0 aliphatic heterocycles. The minimum atomic E-state index is -3.42. The third-order valence-corrected chi connectivity index (χ3v) is 6.15. The van der Waals surface area contributed by atoms with E-state index in [0.717, 1.165) is 12.8 Å². The van der Waals surface area contributed by atoms with Crippen LogP contribution in [0.3, 0.4) is 0 Å². The van der Waals surface area contributed by atoms with Crippen LogP contribution in [0.15, 0.2) is 29.4 Å². The Balaban J connectivity index is 1.83. The van der Waals surface area contributed by atoms with Gasteiger partial charge in [0, 0.05) is 12.8 Å². The van der Waals surface area contributed by atoms with E-state index in [0.29, 0.717) is 35.1 Å². The first-order chi connectivity index (χ1) is 13.8. The average molecular weight is 411 g/mol. The highest BCUT2D eigenvalue weighted by atomic mass is 32.2. The van der Waals surface area contributed by atoms with E-state index in [-0.39, 0.29) is 22.3 Å². The molecule has 1 fully saturated rings. The van der Waals surface area contributed by atoms with Gasteiger partial charge in [0.2, 0.25) is 0 Å². The molecule has 0 spiro atoms. The number of hydrogen-bond acceptors (Lipinski definition) is 8. The SMILES string of the molecule is CC(Nc1ncnc(N)c1C#N)c1nc2cccc(S(C)(=O)=O)c2n1CC1CC1. The van der Waals surface area contributed by atoms with E-state index in [1.54, 1.807) is 12.1 Å². The van der Waals surface area contributed by atoms with Gasteiger partial charge in [-0.15, -0.1) is 0 Å². The molecule has 3 N–H and O–H groups in total. The Morgan fingerprint density at radius 1 is 1.38 bits per heavy atom. The molecule has 1 atom stereocenters. The molecular weight excluding hydrogens is 390 g/mol. The fourth-order valence-corrected chi connectivity index (χ4v) is 4.32. The number of nitriles is 1. The quantitative estimate of drug-likeness (QED) is 0.629. The monoisotopic (exact) mass is 411 g/mol. The number of aromatic nitrogens is 4. The molecule has 2 aromatic heterocycles. The van der Waals surface area contributed by atoms with Gasteiger partial charge in [-0.3, -0.25) is 0 Å². The zero-order valence-electron chi connectivity index (χ0n) is 16.1. The molecule has 1 aliphatic rings. The Morgan fingerprint density at radius 3 is 2.79 bits per heavy atom. The number of nitrogen functional groups attached to an aromatic ring is 1. The second-order valence-electron chi connectivity index (χ2n) is 7.38. The topological polar surface area (TPSA) is 140 Å². The molecule has 0 amide bonds. The lowest BCUT2D eigenvalue weighted by molar-refractivity contribution is 0.585. The largest absolute Gasteiger partial charge is 0.382 e. The van der Waals surface area contributed by atoms with Crippen molar-refractivity contribution >= 4 is 32.5 Å². The predicted molar refractivity (Wildman–Crippen MR) is 109 cm³/mol. The van der Waals surface area contributed by atoms with E-state index in [1.807, 2.05) is 23.6 Å². The molecule has 9 nitrogen and oxygen atoms in total. The van der Waals surface area contributed by atoms with Gasteiger partial charge in [-0.05, 0) is 37.8 Å². The van der Waals surface area contributed by atoms with Gasteiger partial charge < -0.3 is 15.6 Å². The Kier molecular flexibility index (Phi) is 4.62. The van der Waals surface area contributed by atoms with Crippen LogP contribution < -0.4 is 11.1 Å². The first-order valence-corrected chi connectivity index (χ1v) is 11.1. The molecule has 29 heavy (non-hydrogen) atoms. The van der Waals surface area contributed by atoms with Crippen molar-refractivity contribution in [1.82, 2.24) is 19.5 Å². The third-order valence-electron chi connectivity index (χ3n) is 5.03. The second kappa shape index (κ2) is 7.00. The Hall–Kier alpha value is -3.19. The molecule has 1 aromatic carbocycles. The summed E-state index contributed by atoms with van der Waals surface area (Å²) >= 11 is 0. The van der Waals surface area contributed by atoms with Gasteiger partial charge in [0.05, 0.1) is 22.0 Å². The van der Waals surface area contributed by atoms with E-state index < -0.39 is 9.84 Å². The zero-order valence-corrected chi connectivity index (χ0v) is 16.9. The molecule has 10 heteroatoms. The maximum atomic E-state index is 12.4. The van der Waals surface area contributed by atoms with Gasteiger partial charge in [-0.25, -0.2) is 23.4 Å². The average Bonchev–Trinajstić information content (AvgIpc) is 3.40. The number of para-hydroxylation sites is 1. The highest BCUT2D eigenvalue weighted by Crippen LogP contribution is 2.35. The summed E-state index contributed by atoms with van der Waals surface area (Å²) in [5, 5.41) is 12.6. The van der Waals surface area contributed by atoms with Gasteiger partial charge in [-0.2, -0.15) is 5.26 Å². The number of fused-ring (bicyclic) bond motifs is 1. The molecule has 1 aliphatic carbocycles. The van der Waals surface area contributed by atoms with Gasteiger partial charge in [0.1, 0.15) is 35.4 Å². The summed E-state index contributed by atoms with van der Waals surface area (Å²) in [6, 6.07) is 6.81. The number of hydrogen-bond donors (Lipinski definition) is 2. The minimum Gasteiger partial charge on any atom is -0.382 e. The van der Waals surface area contributed by atoms with E-state index in [1.165, 1.54) is 12.6 Å². The summed E-state index contributed by atoms with van der Waals surface area (Å²) in [4.78, 5) is 13.0. The Bertz CT molecular complexity index is 1240. The fraction of sp³-hybridized carbons (Fsp3) is 0.368. The molecule has 0 radical (unpaired) electrons. The first kappa shape index (κ1) is 19.1. The number of imidazole rings is 1. The van der Waals surface area contributed by atoms with Crippen molar-refractivity contribution in [2.24, 2.45) is 5.92 Å². The van der Waals surface area contributed by atoms with Crippen LogP contribution in [0.25, 0.3) is 11.0 Å². The van der Waals surface area contributed by atoms with Crippen molar-refractivity contribution in [3.8, 4) is 6.07 Å². The van der Waals surface area contributed by atoms with E-state index in [9.17, 15) is 13.7 Å². The maximum absolute atomic E-state index is 12.4. The number of benzene rings is 1. The van der Waals surface area contributed by atoms with Crippen LogP contribution >= 0.6 is 0 Å². The third kappa shape index (κ3) is 3.61. The first-order valence-electron chi connectivity index (χ1n) is 9.26.